The predicted octanol–water partition coefficient (Wildman–Crippen LogP) is 6.35. The van der Waals surface area contributed by atoms with E-state index >= 15 is 8.78 Å². The molecule has 4 aromatic rings. The number of nitrogens with zero attached hydrogens (tertiary/aromatic N) is 6. The molecule has 2 aromatic heterocycles. The number of carboxylic acid groups (broad SMARTS) is 1. The van der Waals surface area contributed by atoms with E-state index < -0.39 is 115 Å². The largest absolute Gasteiger partial charge is 0.465 e. The molecule has 5 heterocycles. The highest BCUT2D eigenvalue weighted by Gasteiger charge is 2.57. The number of carbonyl (C=O) groups excluding carboxylic acids is 3. The lowest BCUT2D eigenvalue weighted by Gasteiger charge is -2.44. The van der Waals surface area contributed by atoms with E-state index in [1.54, 1.807) is 6.20 Å². The van der Waals surface area contributed by atoms with Crippen molar-refractivity contribution in [1.29, 1.82) is 0 Å². The van der Waals surface area contributed by atoms with Gasteiger partial charge >= 0.3 is 31.1 Å². The second-order valence-corrected chi connectivity index (χ2v) is 21.4. The number of benzene rings is 2. The molecule has 81 heavy (non-hydrogen) atoms. The third-order valence-corrected chi connectivity index (χ3v) is 15.0. The number of methoxy groups -OCH3 is 1. The van der Waals surface area contributed by atoms with Gasteiger partial charge in [-0.25, -0.2) is 33.0 Å². The third kappa shape index (κ3) is 14.6. The summed E-state index contributed by atoms with van der Waals surface area (Å²) < 4.78 is 150. The zero-order chi connectivity index (χ0) is 59.4. The quantitative estimate of drug-likeness (QED) is 0.0292. The van der Waals surface area contributed by atoms with Crippen molar-refractivity contribution >= 4 is 29.8 Å². The maximum absolute atomic E-state index is 16.0. The second-order valence-electron chi connectivity index (χ2n) is 21.4. The number of aliphatic hydroxyl groups excluding tert-OH is 1. The molecule has 0 aliphatic carbocycles. The molecule has 7 rings (SSSR count). The van der Waals surface area contributed by atoms with E-state index in [4.69, 9.17) is 0 Å². The summed E-state index contributed by atoms with van der Waals surface area (Å²) in [4.78, 5) is 61.7. The van der Waals surface area contributed by atoms with Crippen LogP contribution in [0, 0.1) is 40.2 Å². The molecule has 28 heteroatoms. The zero-order valence-corrected chi connectivity index (χ0v) is 44.4. The Kier molecular flexibility index (Phi) is 18.9. The van der Waals surface area contributed by atoms with Crippen LogP contribution in [0.15, 0.2) is 67.1 Å². The highest BCUT2D eigenvalue weighted by molar-refractivity contribution is 5.87. The van der Waals surface area contributed by atoms with E-state index in [0.717, 1.165) is 70.9 Å². The van der Waals surface area contributed by atoms with E-state index in [1.165, 1.54) is 29.6 Å². The first kappa shape index (κ1) is 61.4. The number of aliphatic hydroxyl groups is 1. The van der Waals surface area contributed by atoms with E-state index in [2.05, 4.69) is 47.1 Å². The highest BCUT2D eigenvalue weighted by atomic mass is 19.4. The molecule has 0 saturated carbocycles. The van der Waals surface area contributed by atoms with Crippen LogP contribution in [0.2, 0.25) is 0 Å². The number of hydrogen-bond acceptors (Lipinski definition) is 12. The van der Waals surface area contributed by atoms with Gasteiger partial charge in [-0.1, -0.05) is 24.0 Å². The highest BCUT2D eigenvalue weighted by Crippen LogP contribution is 2.42. The molecule has 3 aliphatic rings. The van der Waals surface area contributed by atoms with Gasteiger partial charge in [0.25, 0.3) is 5.91 Å². The molecule has 0 spiro atoms. The standard InChI is InChI=1S/C53H61F10N11O7/c1-50(2,52(58,59)60)43(69-49(80)81-5)45(76)67-40(16-30-9-6-29(7-10-30)8-11-31-12-15-42(65-21-31)71-25-35-13-14-36(26-71)73(35)23-32-19-64-20-32)41(75)28-72(70-46(77)44(68-48(78)79)51(3,4)53(61,62)63)27-37-38(54)17-33(18-39(37)55)34-22-66-74(24-34)47(56)57/h6-7,9-10,12,15,17-18,21-22,24,32,35-36,40-41,43-44,47,64,68,75H,13-14,16,19-20,23,25-28H2,1-5H3,(H,67,76)(H,69,80)(H,70,77)(H,78,79)/t35?,36?,40-,41-,43+,44+/m0/s1. The monoisotopic (exact) mass is 1150 g/mol. The number of pyridine rings is 1. The van der Waals surface area contributed by atoms with Gasteiger partial charge in [-0.05, 0) is 100 Å². The summed E-state index contributed by atoms with van der Waals surface area (Å²) in [6.07, 6.45) is -11.1. The van der Waals surface area contributed by atoms with Gasteiger partial charge in [0, 0.05) is 92.5 Å². The van der Waals surface area contributed by atoms with Crippen molar-refractivity contribution in [3.8, 4) is 23.0 Å². The fraction of sp³-hybridized carbons (Fsp3) is 0.509. The number of anilines is 1. The van der Waals surface area contributed by atoms with Gasteiger partial charge in [0.05, 0.1) is 36.3 Å². The first-order valence-corrected chi connectivity index (χ1v) is 25.6. The first-order chi connectivity index (χ1) is 37.9. The minimum Gasteiger partial charge on any atom is -0.465 e. The van der Waals surface area contributed by atoms with E-state index in [0.29, 0.717) is 74.0 Å². The molecular formula is C53H61F10N11O7. The molecule has 4 amide bonds. The van der Waals surface area contributed by atoms with Crippen molar-refractivity contribution in [2.75, 3.05) is 51.3 Å². The van der Waals surface area contributed by atoms with Crippen LogP contribution in [-0.4, -0.2) is 154 Å². The molecule has 2 unspecified atom stereocenters. The number of ether oxygens (including phenoxy) is 1. The summed E-state index contributed by atoms with van der Waals surface area (Å²) in [5.41, 5.74) is -4.44. The fourth-order valence-electron chi connectivity index (χ4n) is 9.77. The van der Waals surface area contributed by atoms with Crippen LogP contribution in [0.1, 0.15) is 69.3 Å². The Morgan fingerprint density at radius 3 is 1.90 bits per heavy atom. The number of aromatic nitrogens is 3. The van der Waals surface area contributed by atoms with E-state index in [9.17, 15) is 64.5 Å². The number of hydrazine groups is 1. The number of piperazine rings is 1. The maximum Gasteiger partial charge on any atom is 0.407 e. The third-order valence-electron chi connectivity index (χ3n) is 15.0. The van der Waals surface area contributed by atoms with Gasteiger partial charge < -0.3 is 41.1 Å². The minimum atomic E-state index is -5.28. The molecule has 2 bridgehead atoms. The normalized spacial score (nSPS) is 18.5. The maximum atomic E-state index is 16.0. The van der Waals surface area contributed by atoms with Crippen molar-refractivity contribution in [3.63, 3.8) is 0 Å². The van der Waals surface area contributed by atoms with Crippen LogP contribution in [0.3, 0.4) is 0 Å². The number of fused-ring (bicyclic) bond motifs is 2. The second kappa shape index (κ2) is 24.9. The number of nitrogens with one attached hydrogen (secondary N) is 5. The number of amides is 4. The molecule has 3 aliphatic heterocycles. The molecule has 18 nitrogen and oxygen atoms in total. The van der Waals surface area contributed by atoms with Gasteiger partial charge in [0.15, 0.2) is 0 Å². The minimum absolute atomic E-state index is 0.185. The van der Waals surface area contributed by atoms with Crippen LogP contribution in [0.5, 0.6) is 0 Å². The fourth-order valence-corrected chi connectivity index (χ4v) is 9.77. The van der Waals surface area contributed by atoms with Crippen molar-refractivity contribution < 1.29 is 78.0 Å². The Balaban J connectivity index is 1.17. The number of carbonyl (C=O) groups is 4. The Bertz CT molecular complexity index is 2910. The first-order valence-electron chi connectivity index (χ1n) is 25.6. The van der Waals surface area contributed by atoms with Crippen LogP contribution in [0.4, 0.5) is 59.3 Å². The number of rotatable bonds is 20. The average Bonchev–Trinajstić information content (AvgIpc) is 4.11. The molecule has 0 radical (unpaired) electrons. The number of alkyl halides is 8. The van der Waals surface area contributed by atoms with Crippen molar-refractivity contribution in [2.45, 2.75) is 109 Å². The van der Waals surface area contributed by atoms with Crippen molar-refractivity contribution in [3.05, 3.63) is 101 Å². The van der Waals surface area contributed by atoms with Crippen molar-refractivity contribution in [1.82, 2.24) is 51.4 Å². The summed E-state index contributed by atoms with van der Waals surface area (Å²) in [5.74, 6) is 1.36. The van der Waals surface area contributed by atoms with Crippen LogP contribution >= 0.6 is 0 Å². The van der Waals surface area contributed by atoms with Gasteiger partial charge in [-0.15, -0.1) is 0 Å². The lowest BCUT2D eigenvalue weighted by molar-refractivity contribution is -0.221. The molecule has 3 saturated heterocycles. The summed E-state index contributed by atoms with van der Waals surface area (Å²) in [6.45, 7) is 1.56. The molecule has 2 aromatic carbocycles. The predicted molar refractivity (Wildman–Crippen MR) is 272 cm³/mol. The average molecular weight is 1150 g/mol. The Labute approximate surface area is 458 Å². The van der Waals surface area contributed by atoms with Gasteiger partial charge in [-0.3, -0.25) is 19.9 Å². The molecular weight excluding hydrogens is 1090 g/mol. The Morgan fingerprint density at radius 1 is 0.815 bits per heavy atom. The summed E-state index contributed by atoms with van der Waals surface area (Å²) in [5, 5.41) is 34.3. The molecule has 3 fully saturated rings. The zero-order valence-electron chi connectivity index (χ0n) is 44.4. The van der Waals surface area contributed by atoms with Gasteiger partial charge in [0.2, 0.25) is 5.91 Å². The summed E-state index contributed by atoms with van der Waals surface area (Å²) in [6, 6.07) is 5.08. The Hall–Kier alpha value is -7.22. The molecule has 440 valence electrons. The van der Waals surface area contributed by atoms with Crippen LogP contribution < -0.4 is 31.6 Å². The van der Waals surface area contributed by atoms with Crippen LogP contribution in [0.25, 0.3) is 11.1 Å². The van der Waals surface area contributed by atoms with Gasteiger partial charge in [-0.2, -0.15) is 40.2 Å². The summed E-state index contributed by atoms with van der Waals surface area (Å²) in [7, 11) is 0.814. The van der Waals surface area contributed by atoms with Gasteiger partial charge in [0.1, 0.15) is 29.5 Å². The topological polar surface area (TPSA) is 219 Å². The van der Waals surface area contributed by atoms with E-state index in [-0.39, 0.29) is 21.4 Å². The van der Waals surface area contributed by atoms with E-state index in [1.807, 2.05) is 22.9 Å². The molecule has 7 N–H and O–H groups in total. The van der Waals surface area contributed by atoms with Crippen LogP contribution in [-0.2, 0) is 27.3 Å². The number of alkyl carbamates (subject to hydrolysis) is 1. The lowest BCUT2D eigenvalue weighted by Crippen LogP contribution is -2.63. The lowest BCUT2D eigenvalue weighted by atomic mass is 9.82. The smallest absolute Gasteiger partial charge is 0.407 e. The van der Waals surface area contributed by atoms with Crippen molar-refractivity contribution in [2.24, 2.45) is 16.7 Å². The summed E-state index contributed by atoms with van der Waals surface area (Å²) >= 11 is 0. The number of hydrogen-bond donors (Lipinski definition) is 7. The Morgan fingerprint density at radius 2 is 1.40 bits per heavy atom. The SMILES string of the molecule is COC(=O)N[C@H](C(=O)N[C@@H](Cc1ccc(C#Cc2ccc(N3CC4CCC(C3)N4CC3CNC3)nc2)cc1)[C@@H](O)CN(Cc1c(F)cc(-c2cnn(C(F)F)c2)cc1F)NC(=O)[C@@H](NC(=O)O)C(C)(C)C(F)(F)F)C(C)(C)C(F)(F)F. The number of halogens is 10. The molecule has 6 atom stereocenters.